The van der Waals surface area contributed by atoms with Gasteiger partial charge in [0.15, 0.2) is 11.5 Å². The van der Waals surface area contributed by atoms with E-state index in [0.29, 0.717) is 6.54 Å². The van der Waals surface area contributed by atoms with Gasteiger partial charge in [0.25, 0.3) is 0 Å². The molecule has 1 aliphatic carbocycles. The molecule has 0 bridgehead atoms. The highest BCUT2D eigenvalue weighted by Crippen LogP contribution is 2.52. The molecular formula is C14H21NO3. The molecule has 2 rings (SSSR count). The maximum absolute atomic E-state index is 5.99. The molecule has 18 heavy (non-hydrogen) atoms. The molecule has 0 saturated heterocycles. The second-order valence-electron chi connectivity index (χ2n) is 4.72. The lowest BCUT2D eigenvalue weighted by molar-refractivity contribution is 0.230. The number of hydrogen-bond donors (Lipinski definition) is 1. The fraction of sp³-hybridized carbons (Fsp3) is 0.571. The Bertz CT molecular complexity index is 422. The van der Waals surface area contributed by atoms with Crippen molar-refractivity contribution in [3.8, 4) is 17.2 Å². The Morgan fingerprint density at radius 1 is 1.06 bits per heavy atom. The Hall–Kier alpha value is -1.42. The van der Waals surface area contributed by atoms with Crippen LogP contribution in [-0.2, 0) is 5.41 Å². The molecular weight excluding hydrogens is 230 g/mol. The average molecular weight is 251 g/mol. The second-order valence-corrected chi connectivity index (χ2v) is 4.72. The molecule has 0 aliphatic heterocycles. The molecule has 1 saturated carbocycles. The van der Waals surface area contributed by atoms with E-state index in [2.05, 4.69) is 0 Å². The van der Waals surface area contributed by atoms with Crippen LogP contribution in [-0.4, -0.2) is 27.9 Å². The predicted octanol–water partition coefficient (Wildman–Crippen LogP) is 2.09. The van der Waals surface area contributed by atoms with Crippen molar-refractivity contribution in [2.24, 2.45) is 5.73 Å². The van der Waals surface area contributed by atoms with Gasteiger partial charge in [0.05, 0.1) is 21.3 Å². The number of ether oxygens (including phenoxy) is 3. The van der Waals surface area contributed by atoms with Gasteiger partial charge in [-0.05, 0) is 25.0 Å². The summed E-state index contributed by atoms with van der Waals surface area (Å²) in [6.07, 6.45) is 3.34. The highest BCUT2D eigenvalue weighted by atomic mass is 16.5. The van der Waals surface area contributed by atoms with Gasteiger partial charge < -0.3 is 19.9 Å². The van der Waals surface area contributed by atoms with Crippen LogP contribution in [0.4, 0.5) is 0 Å². The molecule has 0 amide bonds. The highest BCUT2D eigenvalue weighted by molar-refractivity contribution is 5.58. The minimum Gasteiger partial charge on any atom is -0.496 e. The monoisotopic (exact) mass is 251 g/mol. The van der Waals surface area contributed by atoms with Crippen molar-refractivity contribution in [3.63, 3.8) is 0 Å². The number of nitrogens with two attached hydrogens (primary N) is 1. The molecule has 1 aromatic rings. The molecule has 100 valence electrons. The first kappa shape index (κ1) is 13.0. The van der Waals surface area contributed by atoms with E-state index in [1.807, 2.05) is 12.1 Å². The zero-order valence-corrected chi connectivity index (χ0v) is 11.3. The Labute approximate surface area is 108 Å². The molecule has 0 spiro atoms. The topological polar surface area (TPSA) is 53.7 Å². The lowest BCUT2D eigenvalue weighted by atomic mass is 9.64. The standard InChI is InChI=1S/C14H21NO3/c1-16-10-5-6-11(17-2)13(18-3)12(10)14(9-15)7-4-8-14/h5-6H,4,7-9,15H2,1-3H3. The van der Waals surface area contributed by atoms with E-state index >= 15 is 0 Å². The van der Waals surface area contributed by atoms with Crippen molar-refractivity contribution in [1.29, 1.82) is 0 Å². The zero-order chi connectivity index (χ0) is 13.2. The first-order chi connectivity index (χ1) is 8.72. The SMILES string of the molecule is COc1ccc(OC)c(C2(CN)CCC2)c1OC. The molecule has 0 unspecified atom stereocenters. The summed E-state index contributed by atoms with van der Waals surface area (Å²) >= 11 is 0. The quantitative estimate of drug-likeness (QED) is 0.870. The third-order valence-corrected chi connectivity index (χ3v) is 3.96. The van der Waals surface area contributed by atoms with Crippen LogP contribution in [0.5, 0.6) is 17.2 Å². The minimum absolute atomic E-state index is 0.0226. The Morgan fingerprint density at radius 3 is 2.06 bits per heavy atom. The molecule has 4 heteroatoms. The lowest BCUT2D eigenvalue weighted by Crippen LogP contribution is -2.42. The second kappa shape index (κ2) is 5.06. The number of rotatable bonds is 5. The minimum atomic E-state index is -0.0226. The summed E-state index contributed by atoms with van der Waals surface area (Å²) in [6.45, 7) is 0.604. The largest absolute Gasteiger partial charge is 0.496 e. The first-order valence-corrected chi connectivity index (χ1v) is 6.22. The molecule has 1 aliphatic rings. The summed E-state index contributed by atoms with van der Waals surface area (Å²) in [6, 6.07) is 3.79. The zero-order valence-electron chi connectivity index (χ0n) is 11.3. The summed E-state index contributed by atoms with van der Waals surface area (Å²) in [5, 5.41) is 0. The van der Waals surface area contributed by atoms with Crippen molar-refractivity contribution < 1.29 is 14.2 Å². The van der Waals surface area contributed by atoms with Gasteiger partial charge >= 0.3 is 0 Å². The van der Waals surface area contributed by atoms with E-state index in [0.717, 1.165) is 35.7 Å². The van der Waals surface area contributed by atoms with E-state index in [-0.39, 0.29) is 5.41 Å². The van der Waals surface area contributed by atoms with Crippen LogP contribution in [0.3, 0.4) is 0 Å². The Balaban J connectivity index is 2.60. The summed E-state index contributed by atoms with van der Waals surface area (Å²) in [5.74, 6) is 2.31. The van der Waals surface area contributed by atoms with Crippen LogP contribution in [0.1, 0.15) is 24.8 Å². The lowest BCUT2D eigenvalue weighted by Gasteiger charge is -2.42. The third-order valence-electron chi connectivity index (χ3n) is 3.96. The fourth-order valence-electron chi connectivity index (χ4n) is 2.74. The van der Waals surface area contributed by atoms with Gasteiger partial charge in [0.1, 0.15) is 5.75 Å². The van der Waals surface area contributed by atoms with Gasteiger partial charge in [0, 0.05) is 17.5 Å². The third kappa shape index (κ3) is 1.81. The van der Waals surface area contributed by atoms with Crippen LogP contribution in [0.15, 0.2) is 12.1 Å². The van der Waals surface area contributed by atoms with Crippen molar-refractivity contribution >= 4 is 0 Å². The number of benzene rings is 1. The van der Waals surface area contributed by atoms with E-state index < -0.39 is 0 Å². The average Bonchev–Trinajstić information content (AvgIpc) is 2.37. The summed E-state index contributed by atoms with van der Waals surface area (Å²) < 4.78 is 16.4. The Kier molecular flexibility index (Phi) is 3.66. The number of methoxy groups -OCH3 is 3. The summed E-state index contributed by atoms with van der Waals surface area (Å²) in [4.78, 5) is 0. The molecule has 4 nitrogen and oxygen atoms in total. The first-order valence-electron chi connectivity index (χ1n) is 6.22. The smallest absolute Gasteiger partial charge is 0.168 e. The maximum atomic E-state index is 5.99. The van der Waals surface area contributed by atoms with Gasteiger partial charge in [-0.3, -0.25) is 0 Å². The molecule has 2 N–H and O–H groups in total. The van der Waals surface area contributed by atoms with Gasteiger partial charge in [-0.2, -0.15) is 0 Å². The van der Waals surface area contributed by atoms with Gasteiger partial charge in [-0.15, -0.1) is 0 Å². The van der Waals surface area contributed by atoms with Gasteiger partial charge in [0.2, 0.25) is 0 Å². The molecule has 0 aromatic heterocycles. The van der Waals surface area contributed by atoms with Crippen molar-refractivity contribution in [3.05, 3.63) is 17.7 Å². The highest BCUT2D eigenvalue weighted by Gasteiger charge is 2.42. The molecule has 1 fully saturated rings. The molecule has 1 aromatic carbocycles. The summed E-state index contributed by atoms with van der Waals surface area (Å²) in [5.41, 5.74) is 7.02. The van der Waals surface area contributed by atoms with Crippen LogP contribution in [0.25, 0.3) is 0 Å². The molecule has 0 heterocycles. The van der Waals surface area contributed by atoms with E-state index in [1.165, 1.54) is 6.42 Å². The normalized spacial score (nSPS) is 16.9. The Morgan fingerprint density at radius 2 is 1.67 bits per heavy atom. The van der Waals surface area contributed by atoms with Crippen molar-refractivity contribution in [1.82, 2.24) is 0 Å². The van der Waals surface area contributed by atoms with Crippen LogP contribution in [0.2, 0.25) is 0 Å². The van der Waals surface area contributed by atoms with E-state index in [1.54, 1.807) is 21.3 Å². The van der Waals surface area contributed by atoms with E-state index in [4.69, 9.17) is 19.9 Å². The maximum Gasteiger partial charge on any atom is 0.168 e. The van der Waals surface area contributed by atoms with Crippen molar-refractivity contribution in [2.75, 3.05) is 27.9 Å². The summed E-state index contributed by atoms with van der Waals surface area (Å²) in [7, 11) is 4.97. The predicted molar refractivity (Wildman–Crippen MR) is 70.7 cm³/mol. The number of hydrogen-bond acceptors (Lipinski definition) is 4. The molecule has 0 atom stereocenters. The van der Waals surface area contributed by atoms with Gasteiger partial charge in [-0.1, -0.05) is 6.42 Å². The van der Waals surface area contributed by atoms with Crippen LogP contribution < -0.4 is 19.9 Å². The van der Waals surface area contributed by atoms with Crippen LogP contribution in [0, 0.1) is 0 Å². The van der Waals surface area contributed by atoms with E-state index in [9.17, 15) is 0 Å². The molecule has 0 radical (unpaired) electrons. The van der Waals surface area contributed by atoms with Crippen molar-refractivity contribution in [2.45, 2.75) is 24.7 Å². The van der Waals surface area contributed by atoms with Gasteiger partial charge in [-0.25, -0.2) is 0 Å². The fourth-order valence-corrected chi connectivity index (χ4v) is 2.74. The van der Waals surface area contributed by atoms with Crippen LogP contribution >= 0.6 is 0 Å².